The fourth-order valence-electron chi connectivity index (χ4n) is 2.71. The Kier molecular flexibility index (Phi) is 4.46. The first kappa shape index (κ1) is 16.0. The van der Waals surface area contributed by atoms with Crippen LogP contribution in [0.2, 0.25) is 0 Å². The summed E-state index contributed by atoms with van der Waals surface area (Å²) in [7, 11) is 1.38. The number of ether oxygens (including phenoxy) is 1. The molecule has 6 heteroatoms. The van der Waals surface area contributed by atoms with Gasteiger partial charge in [0.15, 0.2) is 0 Å². The molecular weight excluding hydrogens is 304 g/mol. The van der Waals surface area contributed by atoms with Crippen LogP contribution in [0.1, 0.15) is 22.6 Å². The van der Waals surface area contributed by atoms with Crippen molar-refractivity contribution in [2.24, 2.45) is 0 Å². The van der Waals surface area contributed by atoms with Gasteiger partial charge in [0.2, 0.25) is 0 Å². The lowest BCUT2D eigenvalue weighted by atomic mass is 10.1. The van der Waals surface area contributed by atoms with E-state index < -0.39 is 0 Å². The van der Waals surface area contributed by atoms with Gasteiger partial charge in [-0.25, -0.2) is 0 Å². The van der Waals surface area contributed by atoms with Crippen LogP contribution in [0.15, 0.2) is 30.3 Å². The molecule has 0 aliphatic rings. The molecule has 0 saturated heterocycles. The van der Waals surface area contributed by atoms with E-state index in [0.29, 0.717) is 12.2 Å². The summed E-state index contributed by atoms with van der Waals surface area (Å²) in [5.74, 6) is -0.301. The van der Waals surface area contributed by atoms with E-state index in [1.165, 1.54) is 7.11 Å². The van der Waals surface area contributed by atoms with Crippen LogP contribution in [-0.4, -0.2) is 28.3 Å². The third-order valence-electron chi connectivity index (χ3n) is 4.06. The molecule has 2 aromatic heterocycles. The molecule has 6 nitrogen and oxygen atoms in total. The molecule has 0 unspecified atom stereocenters. The highest BCUT2D eigenvalue weighted by Crippen LogP contribution is 2.24. The number of anilines is 1. The topological polar surface area (TPSA) is 79.9 Å². The first-order valence-corrected chi connectivity index (χ1v) is 7.78. The van der Waals surface area contributed by atoms with Gasteiger partial charge in [-0.05, 0) is 26.0 Å². The molecule has 0 aliphatic carbocycles. The summed E-state index contributed by atoms with van der Waals surface area (Å²) in [6.07, 6.45) is 0.153. The van der Waals surface area contributed by atoms with Crippen LogP contribution in [0.5, 0.6) is 0 Å². The Labute approximate surface area is 140 Å². The maximum absolute atomic E-state index is 11.6. The van der Waals surface area contributed by atoms with Gasteiger partial charge in [0.1, 0.15) is 0 Å². The Morgan fingerprint density at radius 2 is 2.08 bits per heavy atom. The van der Waals surface area contributed by atoms with Gasteiger partial charge in [0.05, 0.1) is 30.4 Å². The summed E-state index contributed by atoms with van der Waals surface area (Å²) in [5.41, 5.74) is 5.65. The largest absolute Gasteiger partial charge is 0.469 e. The van der Waals surface area contributed by atoms with Crippen molar-refractivity contribution in [1.82, 2.24) is 15.2 Å². The van der Waals surface area contributed by atoms with Crippen LogP contribution in [0.3, 0.4) is 0 Å². The van der Waals surface area contributed by atoms with Crippen LogP contribution >= 0.6 is 0 Å². The van der Waals surface area contributed by atoms with Crippen molar-refractivity contribution in [3.05, 3.63) is 53.0 Å². The molecule has 0 aliphatic heterocycles. The molecule has 2 N–H and O–H groups in total. The number of esters is 1. The Hall–Kier alpha value is -2.89. The van der Waals surface area contributed by atoms with Crippen LogP contribution in [0.4, 0.5) is 5.69 Å². The number of hydrogen-bond donors (Lipinski definition) is 2. The molecule has 0 spiro atoms. The molecule has 124 valence electrons. The number of carbonyl (C=O) groups is 1. The lowest BCUT2D eigenvalue weighted by molar-refractivity contribution is -0.139. The quantitative estimate of drug-likeness (QED) is 0.705. The molecule has 3 rings (SSSR count). The van der Waals surface area contributed by atoms with E-state index in [0.717, 1.165) is 33.5 Å². The number of pyridine rings is 1. The Bertz CT molecular complexity index is 866. The van der Waals surface area contributed by atoms with Gasteiger partial charge in [-0.3, -0.25) is 14.9 Å². The Balaban J connectivity index is 1.94. The molecule has 2 heterocycles. The van der Waals surface area contributed by atoms with E-state index in [-0.39, 0.29) is 12.4 Å². The summed E-state index contributed by atoms with van der Waals surface area (Å²) >= 11 is 0. The van der Waals surface area contributed by atoms with Crippen molar-refractivity contribution in [2.45, 2.75) is 26.8 Å². The highest BCUT2D eigenvalue weighted by atomic mass is 16.5. The number of rotatable bonds is 5. The molecule has 1 aromatic carbocycles. The minimum atomic E-state index is -0.301. The fourth-order valence-corrected chi connectivity index (χ4v) is 2.71. The number of aryl methyl sites for hydroxylation is 2. The van der Waals surface area contributed by atoms with Crippen molar-refractivity contribution in [1.29, 1.82) is 0 Å². The number of methoxy groups -OCH3 is 1. The van der Waals surface area contributed by atoms with Crippen LogP contribution in [0, 0.1) is 13.8 Å². The zero-order valence-electron chi connectivity index (χ0n) is 14.0. The third kappa shape index (κ3) is 3.22. The van der Waals surface area contributed by atoms with Gasteiger partial charge < -0.3 is 10.1 Å². The second-order valence-electron chi connectivity index (χ2n) is 5.70. The molecule has 24 heavy (non-hydrogen) atoms. The van der Waals surface area contributed by atoms with Crippen LogP contribution < -0.4 is 5.32 Å². The number of benzene rings is 1. The summed E-state index contributed by atoms with van der Waals surface area (Å²) in [4.78, 5) is 16.1. The first-order chi connectivity index (χ1) is 11.6. The summed E-state index contributed by atoms with van der Waals surface area (Å²) in [6, 6.07) is 9.77. The van der Waals surface area contributed by atoms with Gasteiger partial charge in [0, 0.05) is 28.9 Å². The maximum atomic E-state index is 11.6. The minimum Gasteiger partial charge on any atom is -0.469 e. The van der Waals surface area contributed by atoms with Gasteiger partial charge in [0.25, 0.3) is 0 Å². The summed E-state index contributed by atoms with van der Waals surface area (Å²) in [6.45, 7) is 4.64. The molecule has 0 radical (unpaired) electrons. The fraction of sp³-hybridized carbons (Fsp3) is 0.278. The number of aromatic amines is 1. The lowest BCUT2D eigenvalue weighted by Crippen LogP contribution is -2.08. The van der Waals surface area contributed by atoms with Gasteiger partial charge in [-0.1, -0.05) is 18.2 Å². The summed E-state index contributed by atoms with van der Waals surface area (Å²) in [5, 5.41) is 11.7. The standard InChI is InChI=1S/C18H20N4O2/c1-11-15(12(2)22-21-11)10-19-17-8-13(9-18(23)24-3)20-16-7-5-4-6-14(16)17/h4-8H,9-10H2,1-3H3,(H,19,20)(H,21,22). The van der Waals surface area contributed by atoms with E-state index in [4.69, 9.17) is 4.74 Å². The normalized spacial score (nSPS) is 10.8. The average Bonchev–Trinajstić information content (AvgIpc) is 2.90. The van der Waals surface area contributed by atoms with Crippen molar-refractivity contribution >= 4 is 22.6 Å². The molecule has 0 atom stereocenters. The molecule has 0 amide bonds. The molecular formula is C18H20N4O2. The van der Waals surface area contributed by atoms with Crippen LogP contribution in [0.25, 0.3) is 10.9 Å². The monoisotopic (exact) mass is 324 g/mol. The number of para-hydroxylation sites is 1. The minimum absolute atomic E-state index is 0.153. The molecule has 0 bridgehead atoms. The zero-order valence-corrected chi connectivity index (χ0v) is 14.0. The van der Waals surface area contributed by atoms with Crippen molar-refractivity contribution in [2.75, 3.05) is 12.4 Å². The number of hydrogen-bond acceptors (Lipinski definition) is 5. The predicted molar refractivity (Wildman–Crippen MR) is 92.9 cm³/mol. The van der Waals surface area contributed by atoms with Crippen molar-refractivity contribution in [3.63, 3.8) is 0 Å². The second kappa shape index (κ2) is 6.70. The molecule has 3 aromatic rings. The molecule has 0 saturated carbocycles. The van der Waals surface area contributed by atoms with E-state index in [9.17, 15) is 4.79 Å². The summed E-state index contributed by atoms with van der Waals surface area (Å²) < 4.78 is 4.74. The van der Waals surface area contributed by atoms with E-state index in [1.807, 2.05) is 44.2 Å². The van der Waals surface area contributed by atoms with Crippen LogP contribution in [-0.2, 0) is 22.5 Å². The number of nitrogens with zero attached hydrogens (tertiary/aromatic N) is 2. The number of fused-ring (bicyclic) bond motifs is 1. The molecule has 0 fully saturated rings. The zero-order chi connectivity index (χ0) is 17.1. The van der Waals surface area contributed by atoms with Gasteiger partial charge >= 0.3 is 5.97 Å². The predicted octanol–water partition coefficient (Wildman–Crippen LogP) is 2.90. The van der Waals surface area contributed by atoms with Gasteiger partial charge in [-0.2, -0.15) is 5.10 Å². The first-order valence-electron chi connectivity index (χ1n) is 7.78. The highest BCUT2D eigenvalue weighted by Gasteiger charge is 2.11. The number of nitrogens with one attached hydrogen (secondary N) is 2. The average molecular weight is 324 g/mol. The Morgan fingerprint density at radius 3 is 2.79 bits per heavy atom. The lowest BCUT2D eigenvalue weighted by Gasteiger charge is -2.12. The third-order valence-corrected chi connectivity index (χ3v) is 4.06. The van der Waals surface area contributed by atoms with E-state index >= 15 is 0 Å². The van der Waals surface area contributed by atoms with Crippen molar-refractivity contribution in [3.8, 4) is 0 Å². The second-order valence-corrected chi connectivity index (χ2v) is 5.70. The van der Waals surface area contributed by atoms with Crippen molar-refractivity contribution < 1.29 is 9.53 Å². The van der Waals surface area contributed by atoms with E-state index in [2.05, 4.69) is 20.5 Å². The number of aromatic nitrogens is 3. The SMILES string of the molecule is COC(=O)Cc1cc(NCc2c(C)n[nH]c2C)c2ccccc2n1. The number of carbonyl (C=O) groups excluding carboxylic acids is 1. The van der Waals surface area contributed by atoms with E-state index in [1.54, 1.807) is 0 Å². The maximum Gasteiger partial charge on any atom is 0.311 e. The Morgan fingerprint density at radius 1 is 1.29 bits per heavy atom. The highest BCUT2D eigenvalue weighted by molar-refractivity contribution is 5.92. The number of H-pyrrole nitrogens is 1. The van der Waals surface area contributed by atoms with Gasteiger partial charge in [-0.15, -0.1) is 0 Å². The smallest absolute Gasteiger partial charge is 0.311 e.